The minimum Gasteiger partial charge on any atom is -0.328 e. The van der Waals surface area contributed by atoms with Gasteiger partial charge in [-0.15, -0.1) is 0 Å². The Balaban J connectivity index is 2.64. The number of halogens is 1. The van der Waals surface area contributed by atoms with Crippen molar-refractivity contribution in [1.82, 2.24) is 4.90 Å². The number of carbonyl (C=O) groups is 1. The van der Waals surface area contributed by atoms with E-state index < -0.39 is 15.2 Å². The number of sulfone groups is 1. The van der Waals surface area contributed by atoms with Gasteiger partial charge in [-0.2, -0.15) is 0 Å². The van der Waals surface area contributed by atoms with E-state index >= 15 is 0 Å². The zero-order valence-electron chi connectivity index (χ0n) is 6.66. The Labute approximate surface area is 76.4 Å². The Kier molecular flexibility index (Phi) is 2.63. The zero-order chi connectivity index (χ0) is 9.35. The molecule has 0 N–H and O–H groups in total. The third kappa shape index (κ3) is 2.10. The van der Waals surface area contributed by atoms with Gasteiger partial charge < -0.3 is 4.90 Å². The second-order valence-corrected chi connectivity index (χ2v) is 5.47. The monoisotopic (exact) mass is 211 g/mol. The minimum atomic E-state index is -2.93. The molecule has 12 heavy (non-hydrogen) atoms. The highest BCUT2D eigenvalue weighted by Gasteiger charge is 2.32. The summed E-state index contributed by atoms with van der Waals surface area (Å²) in [5, 5.41) is -0.600. The first-order chi connectivity index (χ1) is 5.42. The van der Waals surface area contributed by atoms with Gasteiger partial charge >= 0.3 is 5.37 Å². The molecule has 0 radical (unpaired) electrons. The van der Waals surface area contributed by atoms with Crippen molar-refractivity contribution in [3.63, 3.8) is 0 Å². The number of hydrogen-bond donors (Lipinski definition) is 0. The van der Waals surface area contributed by atoms with Crippen LogP contribution in [0.3, 0.4) is 0 Å². The molecule has 4 nitrogen and oxygen atoms in total. The molecular weight excluding hydrogens is 202 g/mol. The lowest BCUT2D eigenvalue weighted by molar-refractivity contribution is 0.219. The summed E-state index contributed by atoms with van der Waals surface area (Å²) in [5.74, 6) is 0.203. The molecule has 70 valence electrons. The van der Waals surface area contributed by atoms with Crippen LogP contribution in [0.4, 0.5) is 4.79 Å². The molecule has 1 rings (SSSR count). The summed E-state index contributed by atoms with van der Waals surface area (Å²) in [4.78, 5) is 11.9. The van der Waals surface area contributed by atoms with Crippen molar-refractivity contribution in [2.24, 2.45) is 0 Å². The molecule has 1 saturated heterocycles. The first-order valence-corrected chi connectivity index (χ1v) is 5.75. The molecule has 0 saturated carbocycles. The summed E-state index contributed by atoms with van der Waals surface area (Å²) in [7, 11) is -1.41. The highest BCUT2D eigenvalue weighted by atomic mass is 35.5. The quantitative estimate of drug-likeness (QED) is 0.468. The standard InChI is InChI=1S/C6H10ClNO3S/c1-8(6(7)9)5-2-3-12(10,11)4-5/h5H,2-4H2,1H3/t5-/m1/s1. The third-order valence-corrected chi connectivity index (χ3v) is 4.05. The fourth-order valence-corrected chi connectivity index (χ4v) is 3.14. The molecule has 1 heterocycles. The largest absolute Gasteiger partial charge is 0.328 e. The summed E-state index contributed by atoms with van der Waals surface area (Å²) in [6.45, 7) is 0. The van der Waals surface area contributed by atoms with E-state index in [1.165, 1.54) is 11.9 Å². The van der Waals surface area contributed by atoms with Crippen molar-refractivity contribution >= 4 is 26.8 Å². The van der Waals surface area contributed by atoms with Gasteiger partial charge in [0.05, 0.1) is 11.5 Å². The van der Waals surface area contributed by atoms with Gasteiger partial charge in [0.2, 0.25) is 0 Å². The van der Waals surface area contributed by atoms with Gasteiger partial charge in [0.1, 0.15) is 0 Å². The van der Waals surface area contributed by atoms with Gasteiger partial charge in [-0.25, -0.2) is 8.42 Å². The Bertz CT molecular complexity index is 287. The van der Waals surface area contributed by atoms with Crippen molar-refractivity contribution in [2.75, 3.05) is 18.6 Å². The van der Waals surface area contributed by atoms with E-state index in [1.807, 2.05) is 0 Å². The van der Waals surface area contributed by atoms with Crippen LogP contribution in [0.2, 0.25) is 0 Å². The van der Waals surface area contributed by atoms with E-state index in [-0.39, 0.29) is 17.5 Å². The number of amides is 1. The van der Waals surface area contributed by atoms with Crippen LogP contribution in [0.25, 0.3) is 0 Å². The van der Waals surface area contributed by atoms with Crippen LogP contribution in [0.15, 0.2) is 0 Å². The predicted molar refractivity (Wildman–Crippen MR) is 46.1 cm³/mol. The van der Waals surface area contributed by atoms with Crippen LogP contribution in [0.5, 0.6) is 0 Å². The maximum atomic E-state index is 11.0. The molecule has 1 fully saturated rings. The second-order valence-electron chi connectivity index (χ2n) is 2.92. The number of nitrogens with zero attached hydrogens (tertiary/aromatic N) is 1. The summed E-state index contributed by atoms with van der Waals surface area (Å²) in [6, 6.07) is -0.236. The Morgan fingerprint density at radius 2 is 2.17 bits per heavy atom. The second kappa shape index (κ2) is 3.22. The maximum absolute atomic E-state index is 11.0. The molecule has 1 aliphatic rings. The van der Waals surface area contributed by atoms with Crippen LogP contribution in [0, 0.1) is 0 Å². The van der Waals surface area contributed by atoms with Crippen LogP contribution >= 0.6 is 11.6 Å². The van der Waals surface area contributed by atoms with Crippen molar-refractivity contribution in [3.05, 3.63) is 0 Å². The number of rotatable bonds is 1. The molecule has 0 spiro atoms. The van der Waals surface area contributed by atoms with Gasteiger partial charge in [0.15, 0.2) is 9.84 Å². The van der Waals surface area contributed by atoms with Gasteiger partial charge in [-0.3, -0.25) is 4.79 Å². The molecule has 0 aliphatic carbocycles. The van der Waals surface area contributed by atoms with Crippen LogP contribution in [-0.2, 0) is 9.84 Å². The molecule has 6 heteroatoms. The molecule has 1 atom stereocenters. The van der Waals surface area contributed by atoms with Crippen molar-refractivity contribution in [3.8, 4) is 0 Å². The SMILES string of the molecule is CN(C(=O)Cl)[C@@H]1CCS(=O)(=O)C1. The van der Waals surface area contributed by atoms with Crippen LogP contribution in [0.1, 0.15) is 6.42 Å². The van der Waals surface area contributed by atoms with E-state index in [1.54, 1.807) is 0 Å². The smallest absolute Gasteiger partial charge is 0.316 e. The Hall–Kier alpha value is -0.290. The van der Waals surface area contributed by atoms with Gasteiger partial charge in [0.25, 0.3) is 0 Å². The molecule has 1 aliphatic heterocycles. The molecule has 0 aromatic rings. The van der Waals surface area contributed by atoms with Crippen LogP contribution in [-0.4, -0.2) is 43.3 Å². The van der Waals surface area contributed by atoms with E-state index in [0.29, 0.717) is 6.42 Å². The lowest BCUT2D eigenvalue weighted by Gasteiger charge is -2.19. The predicted octanol–water partition coefficient (Wildman–Crippen LogP) is 0.464. The van der Waals surface area contributed by atoms with Gasteiger partial charge in [-0.05, 0) is 18.0 Å². The molecule has 0 bridgehead atoms. The van der Waals surface area contributed by atoms with Crippen LogP contribution < -0.4 is 0 Å². The third-order valence-electron chi connectivity index (χ3n) is 2.03. The number of hydrogen-bond acceptors (Lipinski definition) is 3. The molecular formula is C6H10ClNO3S. The van der Waals surface area contributed by atoms with E-state index in [4.69, 9.17) is 11.6 Å². The summed E-state index contributed by atoms with van der Waals surface area (Å²) >= 11 is 5.19. The summed E-state index contributed by atoms with van der Waals surface area (Å²) < 4.78 is 22.0. The first-order valence-electron chi connectivity index (χ1n) is 3.55. The molecule has 0 aromatic heterocycles. The average Bonchev–Trinajstić information content (AvgIpc) is 2.28. The van der Waals surface area contributed by atoms with E-state index in [9.17, 15) is 13.2 Å². The Morgan fingerprint density at radius 3 is 2.50 bits per heavy atom. The molecule has 0 aromatic carbocycles. The lowest BCUT2D eigenvalue weighted by atomic mass is 10.2. The van der Waals surface area contributed by atoms with E-state index in [0.717, 1.165) is 0 Å². The van der Waals surface area contributed by atoms with Crippen molar-refractivity contribution in [2.45, 2.75) is 12.5 Å². The molecule has 0 unspecified atom stereocenters. The topological polar surface area (TPSA) is 54.5 Å². The summed E-state index contributed by atoms with van der Waals surface area (Å²) in [6.07, 6.45) is 0.497. The highest BCUT2D eigenvalue weighted by Crippen LogP contribution is 2.17. The Morgan fingerprint density at radius 1 is 1.58 bits per heavy atom. The van der Waals surface area contributed by atoms with Crippen molar-refractivity contribution < 1.29 is 13.2 Å². The summed E-state index contributed by atoms with van der Waals surface area (Å²) in [5.41, 5.74) is 0. The normalized spacial score (nSPS) is 27.0. The fraction of sp³-hybridized carbons (Fsp3) is 0.833. The number of carbonyl (C=O) groups excluding carboxylic acids is 1. The van der Waals surface area contributed by atoms with Gasteiger partial charge in [-0.1, -0.05) is 0 Å². The first kappa shape index (κ1) is 9.80. The zero-order valence-corrected chi connectivity index (χ0v) is 8.23. The average molecular weight is 212 g/mol. The highest BCUT2D eigenvalue weighted by molar-refractivity contribution is 7.91. The molecule has 1 amide bonds. The lowest BCUT2D eigenvalue weighted by Crippen LogP contribution is -2.34. The fourth-order valence-electron chi connectivity index (χ4n) is 1.22. The van der Waals surface area contributed by atoms with Gasteiger partial charge in [0, 0.05) is 13.1 Å². The maximum Gasteiger partial charge on any atom is 0.316 e. The minimum absolute atomic E-state index is 0.0436. The van der Waals surface area contributed by atoms with Crippen molar-refractivity contribution in [1.29, 1.82) is 0 Å². The van der Waals surface area contributed by atoms with E-state index in [2.05, 4.69) is 0 Å².